The van der Waals surface area contributed by atoms with Gasteiger partial charge in [0, 0.05) is 32.2 Å². The highest BCUT2D eigenvalue weighted by Gasteiger charge is 2.44. The molecular weight excluding hydrogens is 224 g/mol. The van der Waals surface area contributed by atoms with Crippen molar-refractivity contribution in [3.05, 3.63) is 0 Å². The Morgan fingerprint density at radius 3 is 2.44 bits per heavy atom. The van der Waals surface area contributed by atoms with Gasteiger partial charge in [0.2, 0.25) is 0 Å². The van der Waals surface area contributed by atoms with E-state index >= 15 is 0 Å². The van der Waals surface area contributed by atoms with E-state index in [1.54, 1.807) is 0 Å². The number of aliphatic hydroxyl groups is 1. The van der Waals surface area contributed by atoms with E-state index in [0.29, 0.717) is 12.6 Å². The normalized spacial score (nSPS) is 34.0. The van der Waals surface area contributed by atoms with E-state index in [-0.39, 0.29) is 0 Å². The zero-order valence-electron chi connectivity index (χ0n) is 11.8. The van der Waals surface area contributed by atoms with Crippen LogP contribution < -0.4 is 0 Å². The molecule has 0 amide bonds. The van der Waals surface area contributed by atoms with Gasteiger partial charge in [0.25, 0.3) is 0 Å². The van der Waals surface area contributed by atoms with E-state index in [1.165, 1.54) is 51.6 Å². The number of likely N-dealkylation sites (N-methyl/N-ethyl adjacent to an activating group) is 1. The van der Waals surface area contributed by atoms with Crippen LogP contribution in [0.25, 0.3) is 0 Å². The molecular formula is C15H28N2O. The van der Waals surface area contributed by atoms with Gasteiger partial charge in [0.1, 0.15) is 0 Å². The molecule has 0 aromatic heterocycles. The second kappa shape index (κ2) is 5.10. The first kappa shape index (κ1) is 12.9. The van der Waals surface area contributed by atoms with Crippen molar-refractivity contribution in [1.82, 2.24) is 9.80 Å². The number of rotatable bonds is 3. The number of piperazine rings is 1. The summed E-state index contributed by atoms with van der Waals surface area (Å²) in [5.41, 5.74) is 0.826. The fourth-order valence-corrected chi connectivity index (χ4v) is 3.89. The Morgan fingerprint density at radius 1 is 1.11 bits per heavy atom. The Kier molecular flexibility index (Phi) is 3.65. The minimum atomic E-state index is 0.306. The maximum atomic E-state index is 9.39. The number of hydrogen-bond donors (Lipinski definition) is 1. The maximum absolute atomic E-state index is 9.39. The molecule has 1 unspecified atom stereocenters. The Morgan fingerprint density at radius 2 is 1.83 bits per heavy atom. The van der Waals surface area contributed by atoms with Gasteiger partial charge in [-0.1, -0.05) is 0 Å². The topological polar surface area (TPSA) is 26.7 Å². The highest BCUT2D eigenvalue weighted by molar-refractivity contribution is 4.96. The van der Waals surface area contributed by atoms with Gasteiger partial charge >= 0.3 is 0 Å². The van der Waals surface area contributed by atoms with E-state index in [4.69, 9.17) is 0 Å². The molecule has 0 bridgehead atoms. The molecule has 2 aliphatic carbocycles. The van der Waals surface area contributed by atoms with E-state index in [2.05, 4.69) is 16.8 Å². The number of aliphatic hydroxyl groups excluding tert-OH is 1. The minimum Gasteiger partial charge on any atom is -0.395 e. The third-order valence-corrected chi connectivity index (χ3v) is 5.71. The SMILES string of the molecule is CN1CCN(CC2CCC3(CC2)CC3)CC1CO. The van der Waals surface area contributed by atoms with Crippen LogP contribution in [-0.2, 0) is 0 Å². The number of nitrogens with zero attached hydrogens (tertiary/aromatic N) is 2. The third kappa shape index (κ3) is 2.73. The van der Waals surface area contributed by atoms with Crippen molar-refractivity contribution in [2.75, 3.05) is 39.8 Å². The van der Waals surface area contributed by atoms with Gasteiger partial charge in [-0.25, -0.2) is 0 Å². The molecule has 3 fully saturated rings. The summed E-state index contributed by atoms with van der Waals surface area (Å²) in [5.74, 6) is 0.930. The van der Waals surface area contributed by atoms with Gasteiger partial charge in [0.15, 0.2) is 0 Å². The summed E-state index contributed by atoms with van der Waals surface area (Å²) >= 11 is 0. The molecule has 0 aromatic rings. The summed E-state index contributed by atoms with van der Waals surface area (Å²) < 4.78 is 0. The molecule has 1 atom stereocenters. The fraction of sp³-hybridized carbons (Fsp3) is 1.00. The lowest BCUT2D eigenvalue weighted by Gasteiger charge is -2.41. The van der Waals surface area contributed by atoms with Gasteiger partial charge < -0.3 is 10.0 Å². The summed E-state index contributed by atoms with van der Waals surface area (Å²) in [5, 5.41) is 9.39. The summed E-state index contributed by atoms with van der Waals surface area (Å²) in [4.78, 5) is 4.90. The zero-order chi connectivity index (χ0) is 12.6. The highest BCUT2D eigenvalue weighted by Crippen LogP contribution is 2.57. The first-order chi connectivity index (χ1) is 8.71. The molecule has 1 spiro atoms. The quantitative estimate of drug-likeness (QED) is 0.826. The Bertz CT molecular complexity index is 280. The Hall–Kier alpha value is -0.120. The van der Waals surface area contributed by atoms with Gasteiger partial charge in [-0.15, -0.1) is 0 Å². The predicted octanol–water partition coefficient (Wildman–Crippen LogP) is 1.57. The van der Waals surface area contributed by atoms with E-state index in [1.807, 2.05) is 0 Å². The molecule has 1 heterocycles. The van der Waals surface area contributed by atoms with Crippen LogP contribution in [0.15, 0.2) is 0 Å². The van der Waals surface area contributed by atoms with Crippen molar-refractivity contribution < 1.29 is 5.11 Å². The molecule has 3 aliphatic rings. The maximum Gasteiger partial charge on any atom is 0.0599 e. The second-order valence-corrected chi connectivity index (χ2v) is 7.02. The molecule has 2 saturated carbocycles. The standard InChI is InChI=1S/C15H28N2O/c1-16-8-9-17(11-14(16)12-18)10-13-2-4-15(5-3-13)6-7-15/h13-14,18H,2-12H2,1H3. The van der Waals surface area contributed by atoms with Crippen LogP contribution in [0, 0.1) is 11.3 Å². The Balaban J connectivity index is 1.45. The van der Waals surface area contributed by atoms with Gasteiger partial charge in [0.05, 0.1) is 6.61 Å². The van der Waals surface area contributed by atoms with Gasteiger partial charge in [-0.3, -0.25) is 4.90 Å². The second-order valence-electron chi connectivity index (χ2n) is 7.02. The van der Waals surface area contributed by atoms with Crippen LogP contribution in [0.2, 0.25) is 0 Å². The lowest BCUT2D eigenvalue weighted by atomic mass is 9.79. The van der Waals surface area contributed by atoms with Crippen LogP contribution in [0.3, 0.4) is 0 Å². The first-order valence-electron chi connectivity index (χ1n) is 7.74. The molecule has 1 aliphatic heterocycles. The monoisotopic (exact) mass is 252 g/mol. The lowest BCUT2D eigenvalue weighted by molar-refractivity contribution is 0.0441. The van der Waals surface area contributed by atoms with Crippen molar-refractivity contribution >= 4 is 0 Å². The first-order valence-corrected chi connectivity index (χ1v) is 7.74. The average molecular weight is 252 g/mol. The molecule has 1 N–H and O–H groups in total. The molecule has 0 radical (unpaired) electrons. The van der Waals surface area contributed by atoms with Gasteiger partial charge in [-0.2, -0.15) is 0 Å². The molecule has 0 aromatic carbocycles. The third-order valence-electron chi connectivity index (χ3n) is 5.71. The van der Waals surface area contributed by atoms with E-state index in [0.717, 1.165) is 24.4 Å². The van der Waals surface area contributed by atoms with Gasteiger partial charge in [-0.05, 0) is 56.9 Å². The molecule has 3 rings (SSSR count). The lowest BCUT2D eigenvalue weighted by Crippen LogP contribution is -2.53. The largest absolute Gasteiger partial charge is 0.395 e. The molecule has 104 valence electrons. The smallest absolute Gasteiger partial charge is 0.0599 e. The minimum absolute atomic E-state index is 0.306. The van der Waals surface area contributed by atoms with E-state index in [9.17, 15) is 5.11 Å². The summed E-state index contributed by atoms with van der Waals surface area (Å²) in [6, 6.07) is 0.358. The van der Waals surface area contributed by atoms with Crippen molar-refractivity contribution in [3.63, 3.8) is 0 Å². The van der Waals surface area contributed by atoms with Crippen molar-refractivity contribution in [3.8, 4) is 0 Å². The molecule has 18 heavy (non-hydrogen) atoms. The van der Waals surface area contributed by atoms with Crippen molar-refractivity contribution in [2.24, 2.45) is 11.3 Å². The summed E-state index contributed by atoms with van der Waals surface area (Å²) in [6.45, 7) is 4.95. The van der Waals surface area contributed by atoms with Crippen LogP contribution in [0.5, 0.6) is 0 Å². The van der Waals surface area contributed by atoms with Crippen LogP contribution in [0.1, 0.15) is 38.5 Å². The number of hydrogen-bond acceptors (Lipinski definition) is 3. The summed E-state index contributed by atoms with van der Waals surface area (Å²) in [6.07, 6.45) is 8.93. The predicted molar refractivity (Wildman–Crippen MR) is 73.6 cm³/mol. The average Bonchev–Trinajstić information content (AvgIpc) is 3.15. The van der Waals surface area contributed by atoms with Crippen molar-refractivity contribution in [2.45, 2.75) is 44.6 Å². The highest BCUT2D eigenvalue weighted by atomic mass is 16.3. The summed E-state index contributed by atoms with van der Waals surface area (Å²) in [7, 11) is 2.13. The van der Waals surface area contributed by atoms with Crippen LogP contribution >= 0.6 is 0 Å². The van der Waals surface area contributed by atoms with Crippen LogP contribution in [0.4, 0.5) is 0 Å². The molecule has 3 heteroatoms. The van der Waals surface area contributed by atoms with Crippen molar-refractivity contribution in [1.29, 1.82) is 0 Å². The molecule has 1 saturated heterocycles. The van der Waals surface area contributed by atoms with E-state index < -0.39 is 0 Å². The zero-order valence-corrected chi connectivity index (χ0v) is 11.8. The fourth-order valence-electron chi connectivity index (χ4n) is 3.89. The Labute approximate surface area is 111 Å². The molecule has 3 nitrogen and oxygen atoms in total. The van der Waals surface area contributed by atoms with Crippen LogP contribution in [-0.4, -0.2) is 60.8 Å².